The van der Waals surface area contributed by atoms with Gasteiger partial charge < -0.3 is 4.98 Å². The van der Waals surface area contributed by atoms with Crippen molar-refractivity contribution in [1.82, 2.24) is 15.0 Å². The molecule has 4 nitrogen and oxygen atoms in total. The van der Waals surface area contributed by atoms with Crippen molar-refractivity contribution < 1.29 is 4.39 Å². The van der Waals surface area contributed by atoms with Crippen molar-refractivity contribution in [2.45, 2.75) is 0 Å². The molecule has 2 aromatic heterocycles. The zero-order valence-corrected chi connectivity index (χ0v) is 5.39. The molecule has 0 amide bonds. The summed E-state index contributed by atoms with van der Waals surface area (Å²) in [6.07, 6.45) is 0.664. The van der Waals surface area contributed by atoms with Gasteiger partial charge in [-0.2, -0.15) is 9.37 Å². The van der Waals surface area contributed by atoms with Crippen LogP contribution in [-0.4, -0.2) is 15.0 Å². The lowest BCUT2D eigenvalue weighted by Gasteiger charge is -1.87. The summed E-state index contributed by atoms with van der Waals surface area (Å²) in [5, 5.41) is 0.367. The Bertz CT molecular complexity index is 444. The smallest absolute Gasteiger partial charge is 0.291 e. The van der Waals surface area contributed by atoms with Crippen LogP contribution in [0.1, 0.15) is 0 Å². The first-order chi connectivity index (χ1) is 5.27. The maximum absolute atomic E-state index is 12.4. The minimum atomic E-state index is -0.870. The van der Waals surface area contributed by atoms with E-state index < -0.39 is 11.6 Å². The van der Waals surface area contributed by atoms with Gasteiger partial charge in [-0.05, 0) is 6.07 Å². The van der Waals surface area contributed by atoms with E-state index in [0.29, 0.717) is 5.39 Å². The van der Waals surface area contributed by atoms with Crippen LogP contribution >= 0.6 is 0 Å². The summed E-state index contributed by atoms with van der Waals surface area (Å²) >= 11 is 0. The maximum atomic E-state index is 12.4. The second-order valence-corrected chi connectivity index (χ2v) is 2.10. The summed E-state index contributed by atoms with van der Waals surface area (Å²) in [5.41, 5.74) is -0.194. The fourth-order valence-electron chi connectivity index (χ4n) is 0.923. The fraction of sp³-hybridized carbons (Fsp3) is 0. The molecule has 0 aliphatic heterocycles. The van der Waals surface area contributed by atoms with Gasteiger partial charge in [0.1, 0.15) is 5.65 Å². The summed E-state index contributed by atoms with van der Waals surface area (Å²) in [4.78, 5) is 18.9. The van der Waals surface area contributed by atoms with E-state index in [1.165, 1.54) is 6.20 Å². The number of aromatic amines is 2. The van der Waals surface area contributed by atoms with Crippen LogP contribution in [0.4, 0.5) is 4.39 Å². The molecule has 0 saturated heterocycles. The lowest BCUT2D eigenvalue weighted by atomic mass is 10.4. The van der Waals surface area contributed by atoms with Gasteiger partial charge in [-0.25, -0.2) is 0 Å². The third-order valence-electron chi connectivity index (χ3n) is 1.40. The second-order valence-electron chi connectivity index (χ2n) is 2.10. The molecule has 2 N–H and O–H groups in total. The van der Waals surface area contributed by atoms with Crippen LogP contribution in [-0.2, 0) is 0 Å². The molecule has 0 fully saturated rings. The van der Waals surface area contributed by atoms with Crippen molar-refractivity contribution in [3.05, 3.63) is 28.7 Å². The topological polar surface area (TPSA) is 61.5 Å². The highest BCUT2D eigenvalue weighted by Gasteiger charge is 2.01. The van der Waals surface area contributed by atoms with E-state index in [0.717, 1.165) is 0 Å². The SMILES string of the molecule is O=c1[nH]c(F)nc2[nH]ccc12. The van der Waals surface area contributed by atoms with Crippen LogP contribution in [0.3, 0.4) is 0 Å². The first-order valence-electron chi connectivity index (χ1n) is 3.00. The molecule has 0 radical (unpaired) electrons. The van der Waals surface area contributed by atoms with Gasteiger partial charge in [-0.1, -0.05) is 0 Å². The van der Waals surface area contributed by atoms with Crippen molar-refractivity contribution >= 4 is 11.0 Å². The van der Waals surface area contributed by atoms with Crippen molar-refractivity contribution in [3.8, 4) is 0 Å². The van der Waals surface area contributed by atoms with Gasteiger partial charge in [-0.15, -0.1) is 0 Å². The first-order valence-corrected chi connectivity index (χ1v) is 3.00. The van der Waals surface area contributed by atoms with Crippen molar-refractivity contribution in [1.29, 1.82) is 0 Å². The Morgan fingerprint density at radius 1 is 1.55 bits per heavy atom. The summed E-state index contributed by atoms with van der Waals surface area (Å²) < 4.78 is 12.4. The van der Waals surface area contributed by atoms with Gasteiger partial charge in [0.05, 0.1) is 5.39 Å². The van der Waals surface area contributed by atoms with Gasteiger partial charge in [0, 0.05) is 6.20 Å². The quantitative estimate of drug-likeness (QED) is 0.538. The number of nitrogens with zero attached hydrogens (tertiary/aromatic N) is 1. The first kappa shape index (κ1) is 6.09. The number of halogens is 1. The molecule has 2 heterocycles. The molecule has 5 heteroatoms. The van der Waals surface area contributed by atoms with Gasteiger partial charge in [-0.3, -0.25) is 9.78 Å². The van der Waals surface area contributed by atoms with Crippen LogP contribution in [0, 0.1) is 6.08 Å². The highest BCUT2D eigenvalue weighted by Crippen LogP contribution is 2.01. The molecule has 0 aliphatic carbocycles. The third-order valence-corrected chi connectivity index (χ3v) is 1.40. The monoisotopic (exact) mass is 153 g/mol. The van der Waals surface area contributed by atoms with Crippen molar-refractivity contribution in [2.75, 3.05) is 0 Å². The standard InChI is InChI=1S/C6H4FN3O/c7-6-9-4-3(1-2-8-4)5(11)10-6/h1-2H,(H2,8,9,10,11). The van der Waals surface area contributed by atoms with Crippen LogP contribution in [0.25, 0.3) is 11.0 Å². The average molecular weight is 153 g/mol. The van der Waals surface area contributed by atoms with Gasteiger partial charge in [0.2, 0.25) is 0 Å². The lowest BCUT2D eigenvalue weighted by Crippen LogP contribution is -2.08. The van der Waals surface area contributed by atoms with Crippen molar-refractivity contribution in [3.63, 3.8) is 0 Å². The molecule has 0 atom stereocenters. The van der Waals surface area contributed by atoms with E-state index in [1.54, 1.807) is 6.07 Å². The number of rotatable bonds is 0. The molecule has 0 spiro atoms. The normalized spacial score (nSPS) is 10.6. The molecule has 0 unspecified atom stereocenters. The summed E-state index contributed by atoms with van der Waals surface area (Å²) in [5.74, 6) is 0. The molecule has 2 rings (SSSR count). The number of aromatic nitrogens is 3. The Hall–Kier alpha value is -1.65. The molecule has 11 heavy (non-hydrogen) atoms. The van der Waals surface area contributed by atoms with Gasteiger partial charge >= 0.3 is 0 Å². The maximum Gasteiger partial charge on any atom is 0.291 e. The van der Waals surface area contributed by atoms with Crippen LogP contribution < -0.4 is 5.56 Å². The van der Waals surface area contributed by atoms with E-state index in [4.69, 9.17) is 0 Å². The Morgan fingerprint density at radius 2 is 2.36 bits per heavy atom. The average Bonchev–Trinajstić information content (AvgIpc) is 2.34. The van der Waals surface area contributed by atoms with Crippen LogP contribution in [0.2, 0.25) is 0 Å². The molecule has 2 aromatic rings. The molecular weight excluding hydrogens is 149 g/mol. The molecule has 0 bridgehead atoms. The minimum absolute atomic E-state index is 0.270. The summed E-state index contributed by atoms with van der Waals surface area (Å²) in [6.45, 7) is 0. The number of nitrogens with one attached hydrogen (secondary N) is 2. The molecule has 0 aliphatic rings. The van der Waals surface area contributed by atoms with E-state index in [1.807, 2.05) is 4.98 Å². The molecule has 56 valence electrons. The second kappa shape index (κ2) is 1.91. The van der Waals surface area contributed by atoms with Crippen LogP contribution in [0.15, 0.2) is 17.1 Å². The highest BCUT2D eigenvalue weighted by molar-refractivity contribution is 5.73. The fourth-order valence-corrected chi connectivity index (χ4v) is 0.923. The number of fused-ring (bicyclic) bond motifs is 1. The Morgan fingerprint density at radius 3 is 3.18 bits per heavy atom. The predicted octanol–water partition coefficient (Wildman–Crippen LogP) is 0.390. The number of H-pyrrole nitrogens is 2. The highest BCUT2D eigenvalue weighted by atomic mass is 19.1. The summed E-state index contributed by atoms with van der Waals surface area (Å²) in [6, 6.07) is 1.54. The van der Waals surface area contributed by atoms with E-state index >= 15 is 0 Å². The third kappa shape index (κ3) is 0.813. The molecule has 0 aromatic carbocycles. The van der Waals surface area contributed by atoms with Crippen molar-refractivity contribution in [2.24, 2.45) is 0 Å². The largest absolute Gasteiger partial charge is 0.346 e. The molecule has 0 saturated carbocycles. The van der Waals surface area contributed by atoms with Gasteiger partial charge in [0.25, 0.3) is 11.6 Å². The lowest BCUT2D eigenvalue weighted by molar-refractivity contribution is 0.540. The van der Waals surface area contributed by atoms with E-state index in [2.05, 4.69) is 9.97 Å². The number of hydrogen-bond donors (Lipinski definition) is 2. The van der Waals surface area contributed by atoms with E-state index in [-0.39, 0.29) is 5.65 Å². The van der Waals surface area contributed by atoms with E-state index in [9.17, 15) is 9.18 Å². The molecular formula is C6H4FN3O. The zero-order chi connectivity index (χ0) is 7.84. The Labute approximate surface area is 60.1 Å². The predicted molar refractivity (Wildman–Crippen MR) is 36.7 cm³/mol. The Balaban J connectivity index is 3.02. The van der Waals surface area contributed by atoms with Crippen LogP contribution in [0.5, 0.6) is 0 Å². The summed E-state index contributed by atoms with van der Waals surface area (Å²) in [7, 11) is 0. The number of hydrogen-bond acceptors (Lipinski definition) is 2. The Kier molecular flexibility index (Phi) is 1.06. The zero-order valence-electron chi connectivity index (χ0n) is 5.39. The van der Waals surface area contributed by atoms with Gasteiger partial charge in [0.15, 0.2) is 0 Å². The minimum Gasteiger partial charge on any atom is -0.346 e.